The Labute approximate surface area is 138 Å². The van der Waals surface area contributed by atoms with Crippen molar-refractivity contribution >= 4 is 5.95 Å². The van der Waals surface area contributed by atoms with Crippen LogP contribution < -0.4 is 4.90 Å². The van der Waals surface area contributed by atoms with Crippen molar-refractivity contribution in [3.8, 4) is 0 Å². The van der Waals surface area contributed by atoms with Crippen molar-refractivity contribution in [2.24, 2.45) is 0 Å². The van der Waals surface area contributed by atoms with Gasteiger partial charge in [0.25, 0.3) is 0 Å². The van der Waals surface area contributed by atoms with Crippen molar-refractivity contribution < 1.29 is 4.74 Å². The number of fused-ring (bicyclic) bond motifs is 1. The highest BCUT2D eigenvalue weighted by atomic mass is 16.5. The topological polar surface area (TPSA) is 44.7 Å². The molecule has 0 amide bonds. The maximum Gasteiger partial charge on any atom is 0.225 e. The Balaban J connectivity index is 1.38. The third-order valence-electron chi connectivity index (χ3n) is 5.44. The Bertz CT molecular complexity index is 516. The quantitative estimate of drug-likeness (QED) is 0.828. The monoisotopic (exact) mass is 317 g/mol. The molecule has 0 bridgehead atoms. The molecule has 0 aliphatic carbocycles. The molecule has 1 unspecified atom stereocenters. The first-order valence-corrected chi connectivity index (χ1v) is 8.91. The number of hydrogen-bond acceptors (Lipinski definition) is 6. The fraction of sp³-hybridized carbons (Fsp3) is 0.765. The summed E-state index contributed by atoms with van der Waals surface area (Å²) in [4.78, 5) is 16.6. The summed E-state index contributed by atoms with van der Waals surface area (Å²) in [7, 11) is 0. The third-order valence-corrected chi connectivity index (χ3v) is 5.44. The van der Waals surface area contributed by atoms with Crippen molar-refractivity contribution in [3.63, 3.8) is 0 Å². The van der Waals surface area contributed by atoms with E-state index in [9.17, 15) is 0 Å². The van der Waals surface area contributed by atoms with E-state index in [4.69, 9.17) is 4.74 Å². The summed E-state index contributed by atoms with van der Waals surface area (Å²) in [6.07, 6.45) is 6.73. The number of hydrogen-bond donors (Lipinski definition) is 0. The molecule has 0 saturated carbocycles. The molecule has 0 radical (unpaired) electrons. The minimum absolute atomic E-state index is 0.614. The van der Waals surface area contributed by atoms with Crippen LogP contribution in [0.25, 0.3) is 0 Å². The van der Waals surface area contributed by atoms with Crippen molar-refractivity contribution in [1.29, 1.82) is 0 Å². The summed E-state index contributed by atoms with van der Waals surface area (Å²) in [6.45, 7) is 10.3. The molecule has 4 rings (SSSR count). The number of piperazine rings is 1. The van der Waals surface area contributed by atoms with Crippen LogP contribution in [-0.4, -0.2) is 77.8 Å². The van der Waals surface area contributed by atoms with Gasteiger partial charge < -0.3 is 9.64 Å². The Morgan fingerprint density at radius 2 is 1.91 bits per heavy atom. The van der Waals surface area contributed by atoms with Crippen LogP contribution in [0, 0.1) is 0 Å². The second-order valence-electron chi connectivity index (χ2n) is 7.06. The van der Waals surface area contributed by atoms with Gasteiger partial charge >= 0.3 is 0 Å². The minimum Gasteiger partial charge on any atom is -0.378 e. The maximum absolute atomic E-state index is 5.38. The molecule has 1 aromatic rings. The van der Waals surface area contributed by atoms with E-state index in [0.29, 0.717) is 6.04 Å². The van der Waals surface area contributed by atoms with Gasteiger partial charge in [0.15, 0.2) is 0 Å². The van der Waals surface area contributed by atoms with Gasteiger partial charge in [0.05, 0.1) is 13.2 Å². The molecule has 0 spiro atoms. The maximum atomic E-state index is 5.38. The van der Waals surface area contributed by atoms with Crippen LogP contribution in [0.4, 0.5) is 5.95 Å². The van der Waals surface area contributed by atoms with Gasteiger partial charge in [-0.05, 0) is 26.3 Å². The lowest BCUT2D eigenvalue weighted by Crippen LogP contribution is -2.54. The lowest BCUT2D eigenvalue weighted by molar-refractivity contribution is 0.0539. The highest BCUT2D eigenvalue weighted by Gasteiger charge is 2.34. The minimum atomic E-state index is 0.614. The summed E-state index contributed by atoms with van der Waals surface area (Å²) in [5.74, 6) is 0.839. The summed E-state index contributed by atoms with van der Waals surface area (Å²) < 4.78 is 5.38. The summed E-state index contributed by atoms with van der Waals surface area (Å²) in [5, 5.41) is 0. The first kappa shape index (κ1) is 15.3. The van der Waals surface area contributed by atoms with Crippen molar-refractivity contribution in [3.05, 3.63) is 18.0 Å². The molecule has 3 fully saturated rings. The van der Waals surface area contributed by atoms with Crippen molar-refractivity contribution in [2.45, 2.75) is 38.4 Å². The van der Waals surface area contributed by atoms with Gasteiger partial charge in [0.1, 0.15) is 0 Å². The second kappa shape index (κ2) is 6.71. The molecular formula is C17H27N5O. The first-order chi connectivity index (χ1) is 11.3. The van der Waals surface area contributed by atoms with Crippen LogP contribution in [0.15, 0.2) is 12.4 Å². The van der Waals surface area contributed by atoms with Crippen LogP contribution in [0.2, 0.25) is 0 Å². The molecule has 4 heterocycles. The number of anilines is 1. The van der Waals surface area contributed by atoms with E-state index >= 15 is 0 Å². The lowest BCUT2D eigenvalue weighted by Gasteiger charge is -2.42. The molecule has 23 heavy (non-hydrogen) atoms. The highest BCUT2D eigenvalue weighted by molar-refractivity contribution is 5.30. The van der Waals surface area contributed by atoms with Crippen molar-refractivity contribution in [2.75, 3.05) is 50.8 Å². The number of rotatable bonds is 3. The standard InChI is InChI=1S/C17H27N5O/c1-14-11-21-4-2-3-16(21)13-22(14)12-15-9-18-17(19-10-15)20-5-7-23-8-6-20/h9-10,14,16H,2-8,11-13H2,1H3/t14-,16?/m0/s1. The molecule has 0 aromatic carbocycles. The molecule has 6 nitrogen and oxygen atoms in total. The van der Waals surface area contributed by atoms with Gasteiger partial charge in [-0.2, -0.15) is 0 Å². The summed E-state index contributed by atoms with van der Waals surface area (Å²) in [5.41, 5.74) is 1.22. The van der Waals surface area contributed by atoms with E-state index in [0.717, 1.165) is 44.8 Å². The van der Waals surface area contributed by atoms with Crippen LogP contribution >= 0.6 is 0 Å². The smallest absolute Gasteiger partial charge is 0.225 e. The Kier molecular flexibility index (Phi) is 4.46. The largest absolute Gasteiger partial charge is 0.378 e. The summed E-state index contributed by atoms with van der Waals surface area (Å²) in [6, 6.07) is 1.38. The van der Waals surface area contributed by atoms with Gasteiger partial charge in [-0.3, -0.25) is 9.80 Å². The van der Waals surface area contributed by atoms with E-state index in [1.807, 2.05) is 12.4 Å². The van der Waals surface area contributed by atoms with Crippen LogP contribution in [0.5, 0.6) is 0 Å². The molecule has 0 N–H and O–H groups in total. The molecule has 2 atom stereocenters. The van der Waals surface area contributed by atoms with E-state index < -0.39 is 0 Å². The first-order valence-electron chi connectivity index (χ1n) is 8.91. The molecular weight excluding hydrogens is 290 g/mol. The number of morpholine rings is 1. The van der Waals surface area contributed by atoms with E-state index in [-0.39, 0.29) is 0 Å². The summed E-state index contributed by atoms with van der Waals surface area (Å²) >= 11 is 0. The van der Waals surface area contributed by atoms with Crippen molar-refractivity contribution in [1.82, 2.24) is 19.8 Å². The highest BCUT2D eigenvalue weighted by Crippen LogP contribution is 2.25. The van der Waals surface area contributed by atoms with Gasteiger partial charge in [0.2, 0.25) is 5.95 Å². The molecule has 3 saturated heterocycles. The Morgan fingerprint density at radius 1 is 1.13 bits per heavy atom. The van der Waals surface area contributed by atoms with E-state index in [1.165, 1.54) is 38.0 Å². The van der Waals surface area contributed by atoms with Crippen LogP contribution in [-0.2, 0) is 11.3 Å². The SMILES string of the molecule is C[C@H]1CN2CCCC2CN1Cc1cnc(N2CCOCC2)nc1. The normalized spacial score (nSPS) is 29.7. The van der Waals surface area contributed by atoms with Gasteiger partial charge in [-0.25, -0.2) is 9.97 Å². The van der Waals surface area contributed by atoms with E-state index in [1.54, 1.807) is 0 Å². The second-order valence-corrected chi connectivity index (χ2v) is 7.06. The van der Waals surface area contributed by atoms with Gasteiger partial charge in [0, 0.05) is 62.8 Å². The zero-order valence-electron chi connectivity index (χ0n) is 14.0. The number of ether oxygens (including phenoxy) is 1. The van der Waals surface area contributed by atoms with Gasteiger partial charge in [-0.1, -0.05) is 0 Å². The molecule has 6 heteroatoms. The zero-order chi connectivity index (χ0) is 15.6. The number of aromatic nitrogens is 2. The fourth-order valence-corrected chi connectivity index (χ4v) is 4.06. The molecule has 3 aliphatic heterocycles. The lowest BCUT2D eigenvalue weighted by atomic mass is 10.1. The van der Waals surface area contributed by atoms with E-state index in [2.05, 4.69) is 31.6 Å². The Morgan fingerprint density at radius 3 is 2.70 bits per heavy atom. The van der Waals surface area contributed by atoms with Crippen LogP contribution in [0.1, 0.15) is 25.3 Å². The average molecular weight is 317 g/mol. The molecule has 3 aliphatic rings. The van der Waals surface area contributed by atoms with Crippen LogP contribution in [0.3, 0.4) is 0 Å². The zero-order valence-corrected chi connectivity index (χ0v) is 14.0. The third kappa shape index (κ3) is 3.34. The van der Waals surface area contributed by atoms with Gasteiger partial charge in [-0.15, -0.1) is 0 Å². The average Bonchev–Trinajstić information content (AvgIpc) is 3.04. The molecule has 1 aromatic heterocycles. The Hall–Kier alpha value is -1.24. The number of nitrogens with zero attached hydrogens (tertiary/aromatic N) is 5. The fourth-order valence-electron chi connectivity index (χ4n) is 4.06. The predicted octanol–water partition coefficient (Wildman–Crippen LogP) is 0.982. The molecule has 126 valence electrons. The predicted molar refractivity (Wildman–Crippen MR) is 89.5 cm³/mol.